The van der Waals surface area contributed by atoms with Crippen LogP contribution in [0.4, 0.5) is 4.79 Å². The molecule has 1 aliphatic carbocycles. The van der Waals surface area contributed by atoms with Gasteiger partial charge in [0.05, 0.1) is 6.54 Å². The van der Waals surface area contributed by atoms with Crippen molar-refractivity contribution in [3.8, 4) is 11.1 Å². The summed E-state index contributed by atoms with van der Waals surface area (Å²) in [6, 6.07) is 16.3. The molecule has 8 nitrogen and oxygen atoms in total. The second-order valence-corrected chi connectivity index (χ2v) is 9.60. The van der Waals surface area contributed by atoms with E-state index in [0.29, 0.717) is 22.9 Å². The number of carboxylic acid groups (broad SMARTS) is 1. The zero-order chi connectivity index (χ0) is 24.9. The van der Waals surface area contributed by atoms with Crippen LogP contribution in [0.2, 0.25) is 0 Å². The van der Waals surface area contributed by atoms with Gasteiger partial charge in [0, 0.05) is 17.3 Å². The second kappa shape index (κ2) is 10.7. The molecular weight excluding hydrogens is 466 g/mol. The Morgan fingerprint density at radius 3 is 2.31 bits per heavy atom. The Balaban J connectivity index is 1.36. The van der Waals surface area contributed by atoms with E-state index in [9.17, 15) is 14.4 Å². The molecule has 182 valence electrons. The van der Waals surface area contributed by atoms with Gasteiger partial charge in [0.2, 0.25) is 0 Å². The number of aliphatic carboxylic acids is 1. The predicted molar refractivity (Wildman–Crippen MR) is 133 cm³/mol. The van der Waals surface area contributed by atoms with Crippen molar-refractivity contribution in [3.05, 3.63) is 75.2 Å². The first-order chi connectivity index (χ1) is 16.9. The first kappa shape index (κ1) is 24.4. The predicted octanol–water partition coefficient (Wildman–Crippen LogP) is 4.43. The third-order valence-corrected chi connectivity index (χ3v) is 6.85. The van der Waals surface area contributed by atoms with Crippen molar-refractivity contribution in [2.75, 3.05) is 19.7 Å². The number of carbonyl (C=O) groups excluding carboxylic acids is 2. The zero-order valence-electron chi connectivity index (χ0n) is 19.6. The van der Waals surface area contributed by atoms with Crippen molar-refractivity contribution in [2.45, 2.75) is 32.7 Å². The molecule has 0 aliphatic heterocycles. The van der Waals surface area contributed by atoms with Crippen molar-refractivity contribution in [2.24, 2.45) is 0 Å². The number of thiazole rings is 1. The summed E-state index contributed by atoms with van der Waals surface area (Å²) in [5, 5.41) is 12.3. The number of alkyl carbamates (subject to hydrolysis) is 1. The number of nitrogens with one attached hydrogen (secondary N) is 1. The molecule has 2 N–H and O–H groups in total. The molecule has 4 rings (SSSR count). The summed E-state index contributed by atoms with van der Waals surface area (Å²) in [7, 11) is 0. The SMILES string of the molecule is CCCN(CC(=O)O)C(=O)c1nc(CNC(=O)OCC2c3ccccc3-c3ccccc32)sc1C. The molecule has 0 atom stereocenters. The number of aryl methyl sites for hydroxylation is 1. The van der Waals surface area contributed by atoms with Crippen molar-refractivity contribution in [1.82, 2.24) is 15.2 Å². The van der Waals surface area contributed by atoms with E-state index in [4.69, 9.17) is 9.84 Å². The Bertz CT molecular complexity index is 1210. The topological polar surface area (TPSA) is 109 Å². The molecule has 0 bridgehead atoms. The lowest BCUT2D eigenvalue weighted by molar-refractivity contribution is -0.137. The Kier molecular flexibility index (Phi) is 7.45. The Labute approximate surface area is 207 Å². The molecule has 0 spiro atoms. The maximum atomic E-state index is 12.8. The molecule has 1 aromatic heterocycles. The third-order valence-electron chi connectivity index (χ3n) is 5.88. The number of hydrogen-bond acceptors (Lipinski definition) is 6. The average molecular weight is 494 g/mol. The van der Waals surface area contributed by atoms with E-state index in [2.05, 4.69) is 34.6 Å². The fourth-order valence-electron chi connectivity index (χ4n) is 4.36. The third kappa shape index (κ3) is 5.35. The van der Waals surface area contributed by atoms with Gasteiger partial charge in [0.25, 0.3) is 5.91 Å². The number of amides is 2. The quantitative estimate of drug-likeness (QED) is 0.457. The molecule has 1 heterocycles. The molecular formula is C26H27N3O5S. The van der Waals surface area contributed by atoms with Gasteiger partial charge in [-0.3, -0.25) is 9.59 Å². The number of benzene rings is 2. The molecule has 2 aromatic carbocycles. The van der Waals surface area contributed by atoms with Gasteiger partial charge in [-0.15, -0.1) is 11.3 Å². The highest BCUT2D eigenvalue weighted by Crippen LogP contribution is 2.44. The highest BCUT2D eigenvalue weighted by atomic mass is 32.1. The van der Waals surface area contributed by atoms with Crippen LogP contribution in [-0.4, -0.2) is 52.7 Å². The van der Waals surface area contributed by atoms with Crippen molar-refractivity contribution < 1.29 is 24.2 Å². The van der Waals surface area contributed by atoms with Gasteiger partial charge in [-0.25, -0.2) is 9.78 Å². The monoisotopic (exact) mass is 493 g/mol. The number of rotatable bonds is 9. The van der Waals surface area contributed by atoms with Crippen LogP contribution in [0.1, 0.15) is 50.8 Å². The summed E-state index contributed by atoms with van der Waals surface area (Å²) in [5.74, 6) is -1.52. The van der Waals surface area contributed by atoms with E-state index in [0.717, 1.165) is 22.3 Å². The van der Waals surface area contributed by atoms with Crippen LogP contribution in [-0.2, 0) is 16.1 Å². The first-order valence-electron chi connectivity index (χ1n) is 11.4. The largest absolute Gasteiger partial charge is 0.480 e. The van der Waals surface area contributed by atoms with Crippen LogP contribution >= 0.6 is 11.3 Å². The van der Waals surface area contributed by atoms with Gasteiger partial charge in [0.1, 0.15) is 23.9 Å². The van der Waals surface area contributed by atoms with E-state index in [1.54, 1.807) is 6.92 Å². The molecule has 1 aliphatic rings. The smallest absolute Gasteiger partial charge is 0.407 e. The molecule has 0 unspecified atom stereocenters. The highest BCUT2D eigenvalue weighted by Gasteiger charge is 2.29. The Hall–Kier alpha value is -3.72. The van der Waals surface area contributed by atoms with E-state index in [-0.39, 0.29) is 31.3 Å². The fourth-order valence-corrected chi connectivity index (χ4v) is 5.22. The van der Waals surface area contributed by atoms with Crippen LogP contribution in [0.15, 0.2) is 48.5 Å². The molecule has 0 saturated heterocycles. The van der Waals surface area contributed by atoms with Crippen LogP contribution in [0.25, 0.3) is 11.1 Å². The molecule has 0 saturated carbocycles. The maximum absolute atomic E-state index is 12.8. The van der Waals surface area contributed by atoms with Crippen molar-refractivity contribution in [3.63, 3.8) is 0 Å². The second-order valence-electron chi connectivity index (χ2n) is 8.31. The number of carboxylic acids is 1. The number of hydrogen-bond donors (Lipinski definition) is 2. The van der Waals surface area contributed by atoms with Crippen LogP contribution in [0.3, 0.4) is 0 Å². The van der Waals surface area contributed by atoms with Crippen LogP contribution < -0.4 is 5.32 Å². The Morgan fingerprint density at radius 2 is 1.71 bits per heavy atom. The minimum Gasteiger partial charge on any atom is -0.480 e. The van der Waals surface area contributed by atoms with Crippen molar-refractivity contribution in [1.29, 1.82) is 0 Å². The Morgan fingerprint density at radius 1 is 1.09 bits per heavy atom. The van der Waals surface area contributed by atoms with Gasteiger partial charge < -0.3 is 20.1 Å². The van der Waals surface area contributed by atoms with Gasteiger partial charge >= 0.3 is 12.1 Å². The van der Waals surface area contributed by atoms with Crippen LogP contribution in [0, 0.1) is 6.92 Å². The summed E-state index contributed by atoms with van der Waals surface area (Å²) < 4.78 is 5.55. The van der Waals surface area contributed by atoms with Crippen LogP contribution in [0.5, 0.6) is 0 Å². The standard InChI is InChI=1S/C26H27N3O5S/c1-3-12-29(14-23(30)31)25(32)24-16(2)35-22(28-24)13-27-26(33)34-15-21-19-10-6-4-8-17(19)18-9-5-7-11-20(18)21/h4-11,21H,3,12-15H2,1-2H3,(H,27,33)(H,30,31). The summed E-state index contributed by atoms with van der Waals surface area (Å²) >= 11 is 1.29. The van der Waals surface area contributed by atoms with E-state index in [1.165, 1.54) is 16.2 Å². The first-order valence-corrected chi connectivity index (χ1v) is 12.3. The highest BCUT2D eigenvalue weighted by molar-refractivity contribution is 7.11. The molecule has 0 radical (unpaired) electrons. The summed E-state index contributed by atoms with van der Waals surface area (Å²) in [4.78, 5) is 42.6. The zero-order valence-corrected chi connectivity index (χ0v) is 20.4. The lowest BCUT2D eigenvalue weighted by Gasteiger charge is -2.19. The molecule has 2 amide bonds. The van der Waals surface area contributed by atoms with Gasteiger partial charge in [-0.05, 0) is 35.6 Å². The number of nitrogens with zero attached hydrogens (tertiary/aromatic N) is 2. The molecule has 9 heteroatoms. The number of ether oxygens (including phenoxy) is 1. The summed E-state index contributed by atoms with van der Waals surface area (Å²) in [6.07, 6.45) is 0.0735. The lowest BCUT2D eigenvalue weighted by Crippen LogP contribution is -2.36. The molecule has 3 aromatic rings. The minimum atomic E-state index is -1.07. The average Bonchev–Trinajstić information content (AvgIpc) is 3.38. The van der Waals surface area contributed by atoms with E-state index >= 15 is 0 Å². The minimum absolute atomic E-state index is 0.0294. The summed E-state index contributed by atoms with van der Waals surface area (Å²) in [6.45, 7) is 3.91. The number of carbonyl (C=O) groups is 3. The van der Waals surface area contributed by atoms with Gasteiger partial charge in [-0.1, -0.05) is 55.5 Å². The van der Waals surface area contributed by atoms with Gasteiger partial charge in [0.15, 0.2) is 0 Å². The summed E-state index contributed by atoms with van der Waals surface area (Å²) in [5.41, 5.74) is 4.81. The maximum Gasteiger partial charge on any atom is 0.407 e. The number of aromatic nitrogens is 1. The van der Waals surface area contributed by atoms with Crippen molar-refractivity contribution >= 4 is 29.3 Å². The molecule has 35 heavy (non-hydrogen) atoms. The fraction of sp³-hybridized carbons (Fsp3) is 0.308. The number of fused-ring (bicyclic) bond motifs is 3. The van der Waals surface area contributed by atoms with E-state index in [1.807, 2.05) is 31.2 Å². The van der Waals surface area contributed by atoms with E-state index < -0.39 is 18.0 Å². The lowest BCUT2D eigenvalue weighted by atomic mass is 9.98. The normalized spacial score (nSPS) is 12.1. The van der Waals surface area contributed by atoms with Gasteiger partial charge in [-0.2, -0.15) is 0 Å². The molecule has 0 fully saturated rings.